The molecule has 0 radical (unpaired) electrons. The third kappa shape index (κ3) is 1.80. The average molecular weight is 224 g/mol. The van der Waals surface area contributed by atoms with E-state index in [-0.39, 0.29) is 5.82 Å². The minimum atomic E-state index is -0.285. The van der Waals surface area contributed by atoms with Crippen LogP contribution in [-0.4, -0.2) is 21.1 Å². The van der Waals surface area contributed by atoms with Crippen molar-refractivity contribution in [3.05, 3.63) is 30.1 Å². The van der Waals surface area contributed by atoms with Crippen molar-refractivity contribution in [2.75, 3.05) is 12.1 Å². The lowest BCUT2D eigenvalue weighted by molar-refractivity contribution is 0.628. The normalized spacial score (nSPS) is 10.5. The smallest absolute Gasteiger partial charge is 0.209 e. The Morgan fingerprint density at radius 1 is 1.27 bits per heavy atom. The van der Waals surface area contributed by atoms with Crippen LogP contribution in [0, 0.1) is 5.82 Å². The SMILES string of the molecule is CSc1nnc(-c2ccc(F)cc2)n1N. The highest BCUT2D eigenvalue weighted by Gasteiger charge is 2.10. The summed E-state index contributed by atoms with van der Waals surface area (Å²) in [5.74, 6) is 6.00. The largest absolute Gasteiger partial charge is 0.335 e. The number of aromatic nitrogens is 3. The Morgan fingerprint density at radius 2 is 1.93 bits per heavy atom. The zero-order valence-corrected chi connectivity index (χ0v) is 8.83. The van der Waals surface area contributed by atoms with Crippen molar-refractivity contribution in [3.63, 3.8) is 0 Å². The molecule has 0 bridgehead atoms. The van der Waals surface area contributed by atoms with Crippen LogP contribution in [0.2, 0.25) is 0 Å². The number of rotatable bonds is 2. The molecule has 0 atom stereocenters. The third-order valence-electron chi connectivity index (χ3n) is 1.95. The summed E-state index contributed by atoms with van der Waals surface area (Å²) < 4.78 is 14.1. The first kappa shape index (κ1) is 9.97. The zero-order valence-electron chi connectivity index (χ0n) is 8.01. The fourth-order valence-electron chi connectivity index (χ4n) is 1.21. The summed E-state index contributed by atoms with van der Waals surface area (Å²) >= 11 is 1.40. The van der Waals surface area contributed by atoms with E-state index in [9.17, 15) is 4.39 Å². The van der Waals surface area contributed by atoms with E-state index in [1.54, 1.807) is 12.1 Å². The molecule has 0 spiro atoms. The van der Waals surface area contributed by atoms with Crippen molar-refractivity contribution in [2.24, 2.45) is 0 Å². The first-order chi connectivity index (χ1) is 7.22. The van der Waals surface area contributed by atoms with Gasteiger partial charge in [-0.2, -0.15) is 0 Å². The molecule has 0 saturated heterocycles. The highest BCUT2D eigenvalue weighted by Crippen LogP contribution is 2.19. The Balaban J connectivity index is 2.45. The van der Waals surface area contributed by atoms with Gasteiger partial charge in [0.25, 0.3) is 0 Å². The van der Waals surface area contributed by atoms with Gasteiger partial charge in [-0.15, -0.1) is 10.2 Å². The van der Waals surface area contributed by atoms with Crippen molar-refractivity contribution in [2.45, 2.75) is 5.16 Å². The molecule has 1 aromatic heterocycles. The molecular weight excluding hydrogens is 215 g/mol. The number of nitrogens with two attached hydrogens (primary N) is 1. The molecule has 0 aliphatic heterocycles. The lowest BCUT2D eigenvalue weighted by atomic mass is 10.2. The number of halogens is 1. The minimum absolute atomic E-state index is 0.285. The Hall–Kier alpha value is -1.56. The highest BCUT2D eigenvalue weighted by molar-refractivity contribution is 7.98. The molecule has 0 aliphatic carbocycles. The van der Waals surface area contributed by atoms with Gasteiger partial charge in [0.2, 0.25) is 5.16 Å². The van der Waals surface area contributed by atoms with Gasteiger partial charge < -0.3 is 5.84 Å². The topological polar surface area (TPSA) is 56.7 Å². The van der Waals surface area contributed by atoms with Crippen LogP contribution in [0.15, 0.2) is 29.4 Å². The lowest BCUT2D eigenvalue weighted by Gasteiger charge is -2.01. The summed E-state index contributed by atoms with van der Waals surface area (Å²) in [7, 11) is 0. The predicted molar refractivity (Wildman–Crippen MR) is 57.3 cm³/mol. The minimum Gasteiger partial charge on any atom is -0.335 e. The second-order valence-electron chi connectivity index (χ2n) is 2.89. The number of nitrogen functional groups attached to an aromatic ring is 1. The summed E-state index contributed by atoms with van der Waals surface area (Å²) in [6.07, 6.45) is 1.86. The van der Waals surface area contributed by atoms with Crippen molar-refractivity contribution < 1.29 is 4.39 Å². The molecule has 4 nitrogen and oxygen atoms in total. The van der Waals surface area contributed by atoms with Crippen LogP contribution >= 0.6 is 11.8 Å². The number of benzene rings is 1. The molecule has 0 unspecified atom stereocenters. The first-order valence-corrected chi connectivity index (χ1v) is 5.45. The van der Waals surface area contributed by atoms with Gasteiger partial charge in [-0.1, -0.05) is 11.8 Å². The molecule has 0 saturated carbocycles. The van der Waals surface area contributed by atoms with E-state index in [0.717, 1.165) is 5.56 Å². The second kappa shape index (κ2) is 3.90. The number of hydrogen-bond acceptors (Lipinski definition) is 4. The van der Waals surface area contributed by atoms with E-state index in [4.69, 9.17) is 5.84 Å². The number of nitrogens with zero attached hydrogens (tertiary/aromatic N) is 3. The summed E-state index contributed by atoms with van der Waals surface area (Å²) in [5, 5.41) is 8.44. The van der Waals surface area contributed by atoms with E-state index in [2.05, 4.69) is 10.2 Å². The molecule has 2 rings (SSSR count). The van der Waals surface area contributed by atoms with Crippen LogP contribution in [0.3, 0.4) is 0 Å². The van der Waals surface area contributed by atoms with Crippen molar-refractivity contribution in [1.29, 1.82) is 0 Å². The molecule has 78 valence electrons. The number of thioether (sulfide) groups is 1. The van der Waals surface area contributed by atoms with Crippen LogP contribution in [0.25, 0.3) is 11.4 Å². The fourth-order valence-corrected chi connectivity index (χ4v) is 1.62. The molecule has 15 heavy (non-hydrogen) atoms. The van der Waals surface area contributed by atoms with E-state index in [0.29, 0.717) is 11.0 Å². The summed E-state index contributed by atoms with van der Waals surface area (Å²) in [6, 6.07) is 5.96. The van der Waals surface area contributed by atoms with Crippen LogP contribution in [0.5, 0.6) is 0 Å². The highest BCUT2D eigenvalue weighted by atomic mass is 32.2. The quantitative estimate of drug-likeness (QED) is 0.620. The summed E-state index contributed by atoms with van der Waals surface area (Å²) in [4.78, 5) is 0. The molecule has 0 fully saturated rings. The monoisotopic (exact) mass is 224 g/mol. The third-order valence-corrected chi connectivity index (χ3v) is 2.59. The Morgan fingerprint density at radius 3 is 2.47 bits per heavy atom. The van der Waals surface area contributed by atoms with E-state index >= 15 is 0 Å². The van der Waals surface area contributed by atoms with Crippen LogP contribution < -0.4 is 5.84 Å². The average Bonchev–Trinajstić information content (AvgIpc) is 2.61. The van der Waals surface area contributed by atoms with Crippen LogP contribution in [0.4, 0.5) is 4.39 Å². The number of hydrogen-bond donors (Lipinski definition) is 1. The zero-order chi connectivity index (χ0) is 10.8. The van der Waals surface area contributed by atoms with Crippen molar-refractivity contribution in [1.82, 2.24) is 14.9 Å². The van der Waals surface area contributed by atoms with Crippen LogP contribution in [-0.2, 0) is 0 Å². The van der Waals surface area contributed by atoms with Gasteiger partial charge in [-0.25, -0.2) is 9.07 Å². The van der Waals surface area contributed by atoms with Gasteiger partial charge in [-0.05, 0) is 30.5 Å². The van der Waals surface area contributed by atoms with Gasteiger partial charge in [0, 0.05) is 5.56 Å². The molecule has 1 heterocycles. The molecule has 2 aromatic rings. The molecule has 2 N–H and O–H groups in total. The Labute approximate surface area is 90.3 Å². The Kier molecular flexibility index (Phi) is 2.59. The standard InChI is InChI=1S/C9H9FN4S/c1-15-9-13-12-8(14(9)11)6-2-4-7(10)5-3-6/h2-5H,11H2,1H3. The summed E-state index contributed by atoms with van der Waals surface area (Å²) in [6.45, 7) is 0. The van der Waals surface area contributed by atoms with Gasteiger partial charge in [0.05, 0.1) is 0 Å². The van der Waals surface area contributed by atoms with Crippen molar-refractivity contribution in [3.8, 4) is 11.4 Å². The predicted octanol–water partition coefficient (Wildman–Crippen LogP) is 1.52. The molecule has 6 heteroatoms. The molecule has 1 aromatic carbocycles. The van der Waals surface area contributed by atoms with Gasteiger partial charge in [0.15, 0.2) is 5.82 Å². The van der Waals surface area contributed by atoms with Gasteiger partial charge in [-0.3, -0.25) is 0 Å². The van der Waals surface area contributed by atoms with E-state index < -0.39 is 0 Å². The van der Waals surface area contributed by atoms with Gasteiger partial charge >= 0.3 is 0 Å². The van der Waals surface area contributed by atoms with Gasteiger partial charge in [0.1, 0.15) is 5.82 Å². The van der Waals surface area contributed by atoms with E-state index in [1.807, 2.05) is 6.26 Å². The van der Waals surface area contributed by atoms with Crippen molar-refractivity contribution >= 4 is 11.8 Å². The fraction of sp³-hybridized carbons (Fsp3) is 0.111. The van der Waals surface area contributed by atoms with Crippen LogP contribution in [0.1, 0.15) is 0 Å². The van der Waals surface area contributed by atoms with E-state index in [1.165, 1.54) is 28.6 Å². The maximum Gasteiger partial charge on any atom is 0.209 e. The molecular formula is C9H9FN4S. The second-order valence-corrected chi connectivity index (χ2v) is 3.66. The molecule has 0 aliphatic rings. The lowest BCUT2D eigenvalue weighted by Crippen LogP contribution is -2.11. The summed E-state index contributed by atoms with van der Waals surface area (Å²) in [5.41, 5.74) is 0.742. The maximum absolute atomic E-state index is 12.7. The first-order valence-electron chi connectivity index (χ1n) is 4.23. The maximum atomic E-state index is 12.7. The molecule has 0 amide bonds. The Bertz CT molecular complexity index is 465.